The quantitative estimate of drug-likeness (QED) is 0.870. The molecular formula is C13H15N5O2S. The fraction of sp³-hybridized carbons (Fsp3) is 0.385. The van der Waals surface area contributed by atoms with Gasteiger partial charge in [-0.2, -0.15) is 0 Å². The summed E-state index contributed by atoms with van der Waals surface area (Å²) in [6, 6.07) is 1.68. The molecule has 0 saturated heterocycles. The normalized spacial score (nSPS) is 20.8. The third-order valence-electron chi connectivity index (χ3n) is 3.43. The van der Waals surface area contributed by atoms with Gasteiger partial charge in [-0.1, -0.05) is 11.7 Å². The molecule has 0 fully saturated rings. The number of hydrogen-bond donors (Lipinski definition) is 1. The Labute approximate surface area is 125 Å². The van der Waals surface area contributed by atoms with Crippen molar-refractivity contribution in [1.29, 1.82) is 0 Å². The van der Waals surface area contributed by atoms with Crippen LogP contribution in [0.1, 0.15) is 23.4 Å². The van der Waals surface area contributed by atoms with Crippen molar-refractivity contribution in [1.82, 2.24) is 20.2 Å². The highest BCUT2D eigenvalue weighted by Gasteiger charge is 2.42. The van der Waals surface area contributed by atoms with Crippen LogP contribution >= 0.6 is 11.3 Å². The Morgan fingerprint density at radius 2 is 2.43 bits per heavy atom. The zero-order valence-corrected chi connectivity index (χ0v) is 12.6. The summed E-state index contributed by atoms with van der Waals surface area (Å²) in [6.45, 7) is 8.06. The zero-order valence-electron chi connectivity index (χ0n) is 11.7. The fourth-order valence-corrected chi connectivity index (χ4v) is 3.52. The topological polar surface area (TPSA) is 81.9 Å². The van der Waals surface area contributed by atoms with Crippen LogP contribution in [0, 0.1) is 12.8 Å². The van der Waals surface area contributed by atoms with Crippen LogP contribution in [0.4, 0.5) is 5.95 Å². The van der Waals surface area contributed by atoms with Gasteiger partial charge in [-0.25, -0.2) is 4.68 Å². The number of fused-ring (bicyclic) bond motifs is 1. The van der Waals surface area contributed by atoms with Crippen molar-refractivity contribution in [2.45, 2.75) is 19.9 Å². The minimum atomic E-state index is -0.557. The summed E-state index contributed by atoms with van der Waals surface area (Å²) >= 11 is 1.57. The summed E-state index contributed by atoms with van der Waals surface area (Å²) in [5.41, 5.74) is 1.64. The maximum Gasteiger partial charge on any atom is 0.317 e. The molecule has 2 atom stereocenters. The van der Waals surface area contributed by atoms with Crippen molar-refractivity contribution < 1.29 is 9.53 Å². The third kappa shape index (κ3) is 2.21. The number of tetrazole rings is 1. The number of rotatable bonds is 3. The number of aryl methyl sites for hydroxylation is 1. The van der Waals surface area contributed by atoms with Crippen molar-refractivity contribution in [3.63, 3.8) is 0 Å². The molecule has 8 heteroatoms. The van der Waals surface area contributed by atoms with Gasteiger partial charge >= 0.3 is 5.97 Å². The average Bonchev–Trinajstić information content (AvgIpc) is 3.06. The summed E-state index contributed by atoms with van der Waals surface area (Å²) < 4.78 is 6.81. The highest BCUT2D eigenvalue weighted by Crippen LogP contribution is 2.40. The van der Waals surface area contributed by atoms with E-state index in [2.05, 4.69) is 27.4 Å². The maximum absolute atomic E-state index is 12.4. The number of ether oxygens (including phenoxy) is 1. The molecule has 0 bridgehead atoms. The van der Waals surface area contributed by atoms with Crippen molar-refractivity contribution in [3.8, 4) is 0 Å². The minimum absolute atomic E-state index is 0.321. The van der Waals surface area contributed by atoms with Gasteiger partial charge in [0.1, 0.15) is 12.0 Å². The summed E-state index contributed by atoms with van der Waals surface area (Å²) in [7, 11) is 0. The van der Waals surface area contributed by atoms with E-state index in [1.807, 2.05) is 18.4 Å². The fourth-order valence-electron chi connectivity index (χ4n) is 2.47. The van der Waals surface area contributed by atoms with Crippen LogP contribution in [0.5, 0.6) is 0 Å². The highest BCUT2D eigenvalue weighted by atomic mass is 32.1. The molecule has 1 N–H and O–H groups in total. The van der Waals surface area contributed by atoms with E-state index in [0.29, 0.717) is 18.3 Å². The first-order chi connectivity index (χ1) is 10.1. The minimum Gasteiger partial charge on any atom is -0.465 e. The van der Waals surface area contributed by atoms with Crippen LogP contribution in [0.3, 0.4) is 0 Å². The molecule has 110 valence electrons. The van der Waals surface area contributed by atoms with E-state index in [1.54, 1.807) is 22.9 Å². The monoisotopic (exact) mass is 305 g/mol. The van der Waals surface area contributed by atoms with Crippen molar-refractivity contribution >= 4 is 23.3 Å². The van der Waals surface area contributed by atoms with Crippen LogP contribution in [0.25, 0.3) is 0 Å². The second kappa shape index (κ2) is 5.28. The lowest BCUT2D eigenvalue weighted by Crippen LogP contribution is -2.37. The molecule has 7 nitrogen and oxygen atoms in total. The summed E-state index contributed by atoms with van der Waals surface area (Å²) in [5, 5.41) is 16.6. The first-order valence-corrected chi connectivity index (χ1v) is 7.45. The lowest BCUT2D eigenvalue weighted by Gasteiger charge is -2.31. The predicted molar refractivity (Wildman–Crippen MR) is 77.9 cm³/mol. The van der Waals surface area contributed by atoms with Crippen LogP contribution in [-0.2, 0) is 9.53 Å². The Morgan fingerprint density at radius 3 is 3.10 bits per heavy atom. The molecule has 2 unspecified atom stereocenters. The van der Waals surface area contributed by atoms with Gasteiger partial charge in [0.25, 0.3) is 0 Å². The van der Waals surface area contributed by atoms with E-state index in [-0.39, 0.29) is 12.0 Å². The largest absolute Gasteiger partial charge is 0.465 e. The first kappa shape index (κ1) is 13.7. The van der Waals surface area contributed by atoms with Gasteiger partial charge in [-0.3, -0.25) is 4.79 Å². The number of carbonyl (C=O) groups is 1. The molecule has 3 heterocycles. The van der Waals surface area contributed by atoms with Crippen LogP contribution in [0.15, 0.2) is 23.7 Å². The van der Waals surface area contributed by atoms with Gasteiger partial charge in [-0.15, -0.1) is 11.3 Å². The Morgan fingerprint density at radius 1 is 1.62 bits per heavy atom. The molecule has 1 aliphatic rings. The van der Waals surface area contributed by atoms with E-state index < -0.39 is 5.92 Å². The lowest BCUT2D eigenvalue weighted by atomic mass is 9.92. The van der Waals surface area contributed by atoms with E-state index in [0.717, 1.165) is 10.4 Å². The van der Waals surface area contributed by atoms with Gasteiger partial charge in [-0.05, 0) is 41.3 Å². The number of nitrogens with one attached hydrogen (secondary N) is 1. The molecule has 0 saturated carbocycles. The van der Waals surface area contributed by atoms with E-state index >= 15 is 0 Å². The van der Waals surface area contributed by atoms with Crippen molar-refractivity contribution in [3.05, 3.63) is 34.2 Å². The maximum atomic E-state index is 12.4. The van der Waals surface area contributed by atoms with E-state index in [1.165, 1.54) is 0 Å². The summed E-state index contributed by atoms with van der Waals surface area (Å²) in [4.78, 5) is 13.4. The molecule has 0 amide bonds. The smallest absolute Gasteiger partial charge is 0.317 e. The van der Waals surface area contributed by atoms with Gasteiger partial charge < -0.3 is 10.1 Å². The standard InChI is InChI=1S/C13H15N5O2S/c1-4-20-12(19)9-8(3)14-13-15-16-17-18(13)10(9)11-7(2)5-6-21-11/h5-6,9-10H,3-4H2,1-2H3,(H,14,15,17). The summed E-state index contributed by atoms with van der Waals surface area (Å²) in [6.07, 6.45) is 0. The van der Waals surface area contributed by atoms with Gasteiger partial charge in [0.15, 0.2) is 0 Å². The van der Waals surface area contributed by atoms with Crippen LogP contribution in [-0.4, -0.2) is 32.8 Å². The number of aromatic nitrogens is 4. The summed E-state index contributed by atoms with van der Waals surface area (Å²) in [5.74, 6) is -0.398. The van der Waals surface area contributed by atoms with Crippen LogP contribution < -0.4 is 5.32 Å². The Balaban J connectivity index is 2.11. The molecule has 21 heavy (non-hydrogen) atoms. The van der Waals surface area contributed by atoms with E-state index in [4.69, 9.17) is 4.74 Å². The second-order valence-corrected chi connectivity index (χ2v) is 5.69. The molecule has 2 aromatic rings. The Kier molecular flexibility index (Phi) is 3.46. The average molecular weight is 305 g/mol. The first-order valence-electron chi connectivity index (χ1n) is 6.57. The number of hydrogen-bond acceptors (Lipinski definition) is 7. The molecule has 0 radical (unpaired) electrons. The molecule has 0 spiro atoms. The zero-order chi connectivity index (χ0) is 15.0. The number of nitrogens with zero attached hydrogens (tertiary/aromatic N) is 4. The number of carbonyl (C=O) groups excluding carboxylic acids is 1. The molecule has 2 aromatic heterocycles. The van der Waals surface area contributed by atoms with Gasteiger partial charge in [0.05, 0.1) is 6.61 Å². The van der Waals surface area contributed by atoms with Crippen LogP contribution in [0.2, 0.25) is 0 Å². The number of thiophene rings is 1. The second-order valence-electron chi connectivity index (χ2n) is 4.74. The molecule has 0 aliphatic carbocycles. The van der Waals surface area contributed by atoms with Crippen molar-refractivity contribution in [2.75, 3.05) is 11.9 Å². The third-order valence-corrected chi connectivity index (χ3v) is 4.52. The number of esters is 1. The highest BCUT2D eigenvalue weighted by molar-refractivity contribution is 7.10. The molecule has 0 aromatic carbocycles. The molecule has 3 rings (SSSR count). The van der Waals surface area contributed by atoms with Gasteiger partial charge in [0, 0.05) is 10.6 Å². The molecular weight excluding hydrogens is 290 g/mol. The van der Waals surface area contributed by atoms with Gasteiger partial charge in [0.2, 0.25) is 5.95 Å². The predicted octanol–water partition coefficient (Wildman–Crippen LogP) is 1.75. The SMILES string of the molecule is C=C1Nc2nnnn2C(c2sccc2C)C1C(=O)OCC. The Bertz CT molecular complexity index is 692. The van der Waals surface area contributed by atoms with Crippen molar-refractivity contribution in [2.24, 2.45) is 5.92 Å². The van der Waals surface area contributed by atoms with E-state index in [9.17, 15) is 4.79 Å². The number of anilines is 1. The Hall–Kier alpha value is -2.22. The lowest BCUT2D eigenvalue weighted by molar-refractivity contribution is -0.147. The molecule has 1 aliphatic heterocycles.